The molecule has 9 N–H and O–H groups in total. The summed E-state index contributed by atoms with van der Waals surface area (Å²) >= 11 is 4.72. The first-order valence-corrected chi connectivity index (χ1v) is 49.3. The lowest BCUT2D eigenvalue weighted by Gasteiger charge is -2.44. The molecule has 0 unspecified atom stereocenters. The minimum absolute atomic E-state index is 0.0206. The minimum atomic E-state index is -3.08. The third kappa shape index (κ3) is 23.4. The molecule has 145 heavy (non-hydrogen) atoms. The van der Waals surface area contributed by atoms with Gasteiger partial charge >= 0.3 is 60.0 Å². The van der Waals surface area contributed by atoms with Gasteiger partial charge in [0.25, 0.3) is 16.6 Å². The number of carbonyl (C=O) groups excluding carboxylic acids is 6. The highest BCUT2D eigenvalue weighted by Crippen LogP contribution is 2.48. The van der Waals surface area contributed by atoms with Gasteiger partial charge in [0.15, 0.2) is 90.3 Å². The molecule has 4 saturated heterocycles. The van der Waals surface area contributed by atoms with E-state index in [-0.39, 0.29) is 137 Å². The van der Waals surface area contributed by atoms with E-state index in [1.54, 1.807) is 27.7 Å². The van der Waals surface area contributed by atoms with Gasteiger partial charge in [-0.15, -0.1) is 25.7 Å². The number of anilines is 4. The number of carbonyl (C=O) groups is 6. The number of hydrogen-bond acceptors (Lipinski definition) is 35. The number of nitrogens with one attached hydrogen (secondary N) is 3. The number of nitrogens with two attached hydrogens (primary N) is 1. The predicted molar refractivity (Wildman–Crippen MR) is 520 cm³/mol. The number of hydrogen-bond donors (Lipinski definition) is 8. The van der Waals surface area contributed by atoms with Crippen LogP contribution in [0.25, 0.3) is 44.7 Å². The molecule has 0 aliphatic carbocycles. The largest absolute Gasteiger partial charge is 0.458 e. The van der Waals surface area contributed by atoms with Crippen LogP contribution in [0.1, 0.15) is 134 Å². The van der Waals surface area contributed by atoms with Crippen molar-refractivity contribution in [1.82, 2.24) is 78.1 Å². The van der Waals surface area contributed by atoms with Crippen molar-refractivity contribution in [2.24, 2.45) is 0 Å². The Bertz CT molecular complexity index is 6610. The molecular formula is C96H105ClF4N20O22Si2. The van der Waals surface area contributed by atoms with Crippen LogP contribution in [-0.2, 0) is 65.8 Å². The average Bonchev–Trinajstić information content (AvgIpc) is 0.908. The van der Waals surface area contributed by atoms with Gasteiger partial charge in [0.05, 0.1) is 78.2 Å². The minimum Gasteiger partial charge on any atom is -0.458 e. The van der Waals surface area contributed by atoms with E-state index >= 15 is 0 Å². The molecule has 42 nitrogen and oxygen atoms in total. The van der Waals surface area contributed by atoms with Gasteiger partial charge in [0.2, 0.25) is 0 Å². The number of nitrogens with zero attached hydrogens (tertiary/aromatic N) is 16. The lowest BCUT2D eigenvalue weighted by molar-refractivity contribution is -0.156. The number of aromatic nitrogens is 16. The lowest BCUT2D eigenvalue weighted by atomic mass is 9.98. The van der Waals surface area contributed by atoms with Crippen LogP contribution in [0.4, 0.5) is 60.0 Å². The van der Waals surface area contributed by atoms with Crippen molar-refractivity contribution >= 4 is 153 Å². The van der Waals surface area contributed by atoms with E-state index < -0.39 is 162 Å². The van der Waals surface area contributed by atoms with Crippen LogP contribution in [-0.4, -0.2) is 250 Å². The average molecular weight is 2060 g/mol. The molecule has 8 aromatic heterocycles. The topological polar surface area (TPSA) is 531 Å². The second kappa shape index (κ2) is 46.4. The van der Waals surface area contributed by atoms with Gasteiger partial charge in [0, 0.05) is 51.1 Å². The Labute approximate surface area is 834 Å². The Morgan fingerprint density at radius 1 is 0.434 bits per heavy atom. The summed E-state index contributed by atoms with van der Waals surface area (Å²) in [6.07, 6.45) is 14.6. The first-order valence-electron chi connectivity index (χ1n) is 45.1. The number of esters is 2. The van der Waals surface area contributed by atoms with E-state index in [9.17, 15) is 66.8 Å². The van der Waals surface area contributed by atoms with E-state index in [2.05, 4.69) is 194 Å². The lowest BCUT2D eigenvalue weighted by Crippen LogP contribution is -2.68. The summed E-state index contributed by atoms with van der Waals surface area (Å²) in [5.74, 6) is 8.30. The summed E-state index contributed by atoms with van der Waals surface area (Å²) < 4.78 is 131. The summed E-state index contributed by atoms with van der Waals surface area (Å²) in [6, 6.07) is 40.3. The number of rotatable bonds is 25. The van der Waals surface area contributed by atoms with Crippen molar-refractivity contribution in [3.63, 3.8) is 0 Å². The molecule has 12 atom stereocenters. The molecule has 0 bridgehead atoms. The number of imidazole rings is 4. The van der Waals surface area contributed by atoms with E-state index in [1.807, 2.05) is 72.8 Å². The van der Waals surface area contributed by atoms with Crippen LogP contribution < -0.4 is 42.4 Å². The van der Waals surface area contributed by atoms with Crippen LogP contribution >= 0.6 is 11.6 Å². The maximum absolute atomic E-state index is 14.6. The van der Waals surface area contributed by atoms with Crippen LogP contribution in [0.15, 0.2) is 147 Å². The molecule has 0 spiro atoms. The number of terminal acetylenes is 4. The van der Waals surface area contributed by atoms with Crippen molar-refractivity contribution in [3.05, 3.63) is 171 Å². The molecule has 764 valence electrons. The van der Waals surface area contributed by atoms with Crippen LogP contribution in [0.2, 0.25) is 10.1 Å². The fraction of sp³-hybridized carbons (Fsp3) is 0.396. The van der Waals surface area contributed by atoms with Crippen molar-refractivity contribution in [3.8, 4) is 49.4 Å². The number of amides is 3. The third-order valence-corrected chi connectivity index (χ3v) is 33.8. The standard InChI is InChI=1S/C33H36FN5O6Si.C30H32FN5O4Si.2C15H16FN5O5.C3H5ClO2/c1-7-33(20-43-46(32(4,5)6,23-15-11-9-12-16-23)24-17-13-10-14-18-24)25(44-22(3)40)19-26(45-33)39-21-35-27-28(37-31(41)42-8-2)36-30(34)38-29(27)39;1-6-30(18-38-41(29(3,4)5,21-13-9-7-10-14-21)22-15-11-8-12-16-22)23(39-20(2)37)17-24(40-30)36-19-33-25-26(32)34-28(31)35-27(25)36;2*1-3-15(6-22)8(23)5-9(26-15)21-7-17-10-11(19-14(24)25-4-2)18-13(16)20-12(10)21;1-2-6-3(4)5/h1,9-18,21,25-26H,8,19-20H2,2-6H3,(H,36,37,38,41);1,7-16,19,23-24H,17-18H2,2-5H3,(H2,32,34,35);2*1,7-9,22-23H,4-6H2,2H3,(H,18,19,20,24);2H2,1H3/t25-,26+,33+;23-,24+,30+;2*8-,9+,15+;/m0000./s1. The molecule has 4 aromatic carbocycles. The fourth-order valence-electron chi connectivity index (χ4n) is 17.1. The zero-order valence-electron chi connectivity index (χ0n) is 80.5. The monoisotopic (exact) mass is 2060 g/mol. The molecule has 12 aromatic rings. The second-order valence-electron chi connectivity index (χ2n) is 34.7. The van der Waals surface area contributed by atoms with Gasteiger partial charge in [-0.05, 0) is 58.5 Å². The Kier molecular flexibility index (Phi) is 34.9. The number of aliphatic hydroxyl groups excluding tert-OH is 4. The predicted octanol–water partition coefficient (Wildman–Crippen LogP) is 9.42. The summed E-state index contributed by atoms with van der Waals surface area (Å²) in [7, 11) is -6.10. The molecular weight excluding hydrogens is 1950 g/mol. The Morgan fingerprint density at radius 2 is 0.697 bits per heavy atom. The smallest absolute Gasteiger partial charge is 0.412 e. The normalized spacial score (nSPS) is 21.6. The fourth-order valence-corrected chi connectivity index (χ4v) is 26.4. The van der Waals surface area contributed by atoms with Gasteiger partial charge in [-0.3, -0.25) is 43.8 Å². The molecule has 16 rings (SSSR count). The maximum Gasteiger partial charge on any atom is 0.412 e. The molecule has 49 heteroatoms. The van der Waals surface area contributed by atoms with Crippen LogP contribution in [0.3, 0.4) is 0 Å². The highest BCUT2D eigenvalue weighted by Gasteiger charge is 2.60. The summed E-state index contributed by atoms with van der Waals surface area (Å²) in [5, 5.41) is 49.6. The Morgan fingerprint density at radius 3 is 0.938 bits per heavy atom. The zero-order valence-corrected chi connectivity index (χ0v) is 83.3. The second-order valence-corrected chi connectivity index (χ2v) is 43.6. The molecule has 0 radical (unpaired) electrons. The highest BCUT2D eigenvalue weighted by molar-refractivity contribution is 7.00. The van der Waals surface area contributed by atoms with Crippen LogP contribution in [0, 0.1) is 73.7 Å². The quantitative estimate of drug-likeness (QED) is 0.00502. The summed E-state index contributed by atoms with van der Waals surface area (Å²) in [4.78, 5) is 115. The van der Waals surface area contributed by atoms with E-state index in [1.165, 1.54) is 57.4 Å². The van der Waals surface area contributed by atoms with E-state index in [0.29, 0.717) is 6.61 Å². The van der Waals surface area contributed by atoms with Crippen molar-refractivity contribution in [2.45, 2.75) is 191 Å². The number of ether oxygens (including phenoxy) is 10. The highest BCUT2D eigenvalue weighted by atomic mass is 35.5. The number of benzene rings is 4. The molecule has 4 fully saturated rings. The number of aliphatic hydroxyl groups is 4. The van der Waals surface area contributed by atoms with Gasteiger partial charge in [-0.1, -0.05) is 187 Å². The zero-order chi connectivity index (χ0) is 105. The van der Waals surface area contributed by atoms with Gasteiger partial charge in [-0.25, -0.2) is 39.1 Å². The number of nitrogen functional groups attached to an aromatic ring is 1. The molecule has 4 aliphatic rings. The third-order valence-electron chi connectivity index (χ3n) is 23.7. The van der Waals surface area contributed by atoms with Gasteiger partial charge in [-0.2, -0.15) is 57.4 Å². The maximum atomic E-state index is 14.6. The van der Waals surface area contributed by atoms with Crippen molar-refractivity contribution in [2.75, 3.05) is 74.5 Å². The molecule has 12 heterocycles. The number of fused-ring (bicyclic) bond motifs is 4. The first-order chi connectivity index (χ1) is 69.1. The van der Waals surface area contributed by atoms with E-state index in [0.717, 1.165) is 20.7 Å². The molecule has 0 saturated carbocycles. The summed E-state index contributed by atoms with van der Waals surface area (Å²) in [6.45, 7) is 21.4. The van der Waals surface area contributed by atoms with Crippen molar-refractivity contribution in [1.29, 1.82) is 0 Å². The Balaban J connectivity index is 0.000000173. The summed E-state index contributed by atoms with van der Waals surface area (Å²) in [5.41, 5.74) is -0.273. The number of halogens is 5. The SMILES string of the molecule is C#C[C@]1(CO)O[C@@H](n2cnc3c(NC(=O)OCC)nc(F)nc32)C[C@@H]1O.C#C[C@]1(CO)O[C@@H](n2cnc3c(NC(=O)OCC)nc(F)nc32)C[C@@H]1O.C#C[C@]1(CO[Si](c2ccccc2)(c2ccccc2)C(C)(C)C)O[C@@H](n2cnc3c(N)nc(F)nc32)C[C@@H]1OC(C)=O.C#C[C@]1(CO[Si](c2ccccc2)(c2ccccc2)C(C)(C)C)O[C@@H](n2cnc3c(NC(=O)OCC)nc(F)nc32)C[C@@H]1OC(C)=O.CCOC(=O)Cl. The first kappa shape index (κ1) is 109. The van der Waals surface area contributed by atoms with Gasteiger partial charge in [0.1, 0.15) is 49.3 Å². The molecule has 4 aliphatic heterocycles. The molecule has 3 amide bonds. The van der Waals surface area contributed by atoms with Gasteiger partial charge < -0.3 is 82.4 Å². The van der Waals surface area contributed by atoms with Crippen LogP contribution in [0.5, 0.6) is 0 Å². The van der Waals surface area contributed by atoms with Crippen molar-refractivity contribution < 1.29 is 123 Å². The van der Waals surface area contributed by atoms with E-state index in [4.69, 9.17) is 94.5 Å². The Hall–Kier alpha value is -14.6.